The van der Waals surface area contributed by atoms with E-state index in [-0.39, 0.29) is 0 Å². The number of nitrogens with zero attached hydrogens (tertiary/aromatic N) is 1. The SMILES string of the molecule is Cc1cc(C(C)O)nc2c(Cl)cc(Cl)cc12. The minimum absolute atomic E-state index is 0.508. The van der Waals surface area contributed by atoms with Gasteiger partial charge in [0.25, 0.3) is 0 Å². The van der Waals surface area contributed by atoms with Crippen molar-refractivity contribution in [1.82, 2.24) is 4.98 Å². The van der Waals surface area contributed by atoms with Crippen molar-refractivity contribution in [2.45, 2.75) is 20.0 Å². The standard InChI is InChI=1S/C12H11Cl2NO/c1-6-3-11(7(2)16)15-12-9(6)4-8(13)5-10(12)14/h3-5,7,16H,1-2H3. The van der Waals surface area contributed by atoms with Crippen molar-refractivity contribution < 1.29 is 5.11 Å². The molecule has 0 saturated carbocycles. The van der Waals surface area contributed by atoms with Crippen LogP contribution in [0.3, 0.4) is 0 Å². The number of aliphatic hydroxyl groups is 1. The van der Waals surface area contributed by atoms with E-state index in [9.17, 15) is 5.11 Å². The molecule has 84 valence electrons. The Labute approximate surface area is 104 Å². The summed E-state index contributed by atoms with van der Waals surface area (Å²) in [4.78, 5) is 4.34. The highest BCUT2D eigenvalue weighted by Gasteiger charge is 2.10. The summed E-state index contributed by atoms with van der Waals surface area (Å²) in [6.07, 6.45) is -0.602. The molecule has 0 fully saturated rings. The molecule has 2 aromatic rings. The van der Waals surface area contributed by atoms with Crippen molar-refractivity contribution >= 4 is 34.1 Å². The maximum Gasteiger partial charge on any atom is 0.0932 e. The minimum atomic E-state index is -0.602. The fourth-order valence-corrected chi connectivity index (χ4v) is 2.19. The number of rotatable bonds is 1. The first kappa shape index (κ1) is 11.6. The Bertz CT molecular complexity index is 552. The van der Waals surface area contributed by atoms with Gasteiger partial charge in [-0.25, -0.2) is 4.98 Å². The zero-order valence-corrected chi connectivity index (χ0v) is 10.5. The Kier molecular flexibility index (Phi) is 3.06. The summed E-state index contributed by atoms with van der Waals surface area (Å²) < 4.78 is 0. The predicted molar refractivity (Wildman–Crippen MR) is 67.1 cm³/mol. The van der Waals surface area contributed by atoms with E-state index in [1.54, 1.807) is 13.0 Å². The first-order valence-electron chi connectivity index (χ1n) is 4.93. The number of aromatic nitrogens is 1. The van der Waals surface area contributed by atoms with Gasteiger partial charge in [0.2, 0.25) is 0 Å². The largest absolute Gasteiger partial charge is 0.387 e. The van der Waals surface area contributed by atoms with Crippen LogP contribution in [0.2, 0.25) is 10.0 Å². The van der Waals surface area contributed by atoms with E-state index < -0.39 is 6.10 Å². The number of halogens is 2. The quantitative estimate of drug-likeness (QED) is 0.839. The van der Waals surface area contributed by atoms with Crippen LogP contribution in [0.25, 0.3) is 10.9 Å². The van der Waals surface area contributed by atoms with Gasteiger partial charge in [0.15, 0.2) is 0 Å². The summed E-state index contributed by atoms with van der Waals surface area (Å²) in [6.45, 7) is 3.62. The molecule has 16 heavy (non-hydrogen) atoms. The van der Waals surface area contributed by atoms with Crippen LogP contribution in [-0.4, -0.2) is 10.1 Å². The van der Waals surface area contributed by atoms with Crippen LogP contribution in [0.5, 0.6) is 0 Å². The van der Waals surface area contributed by atoms with E-state index in [1.807, 2.05) is 19.1 Å². The second-order valence-corrected chi connectivity index (χ2v) is 4.67. The van der Waals surface area contributed by atoms with Crippen LogP contribution >= 0.6 is 23.2 Å². The molecule has 2 rings (SSSR count). The summed E-state index contributed by atoms with van der Waals surface area (Å²) in [6, 6.07) is 5.33. The van der Waals surface area contributed by atoms with E-state index in [2.05, 4.69) is 4.98 Å². The van der Waals surface area contributed by atoms with Crippen molar-refractivity contribution in [3.05, 3.63) is 39.5 Å². The fourth-order valence-electron chi connectivity index (χ4n) is 1.66. The van der Waals surface area contributed by atoms with Gasteiger partial charge in [-0.05, 0) is 37.6 Å². The van der Waals surface area contributed by atoms with Crippen molar-refractivity contribution in [1.29, 1.82) is 0 Å². The van der Waals surface area contributed by atoms with Gasteiger partial charge in [0, 0.05) is 10.4 Å². The molecular weight excluding hydrogens is 245 g/mol. The zero-order valence-electron chi connectivity index (χ0n) is 8.96. The second kappa shape index (κ2) is 4.21. The van der Waals surface area contributed by atoms with Gasteiger partial charge in [-0.1, -0.05) is 23.2 Å². The van der Waals surface area contributed by atoms with Crippen molar-refractivity contribution in [2.75, 3.05) is 0 Å². The van der Waals surface area contributed by atoms with Gasteiger partial charge in [-0.3, -0.25) is 0 Å². The van der Waals surface area contributed by atoms with Gasteiger partial charge in [-0.15, -0.1) is 0 Å². The van der Waals surface area contributed by atoms with Crippen molar-refractivity contribution in [2.24, 2.45) is 0 Å². The predicted octanol–water partition coefficient (Wildman–Crippen LogP) is 3.90. The average molecular weight is 256 g/mol. The normalized spacial score (nSPS) is 13.1. The van der Waals surface area contributed by atoms with Crippen molar-refractivity contribution in [3.8, 4) is 0 Å². The second-order valence-electron chi connectivity index (χ2n) is 3.82. The third-order valence-electron chi connectivity index (χ3n) is 2.49. The topological polar surface area (TPSA) is 33.1 Å². The Balaban J connectivity index is 2.82. The summed E-state index contributed by atoms with van der Waals surface area (Å²) in [7, 11) is 0. The number of hydrogen-bond donors (Lipinski definition) is 1. The van der Waals surface area contributed by atoms with E-state index in [4.69, 9.17) is 23.2 Å². The molecule has 2 nitrogen and oxygen atoms in total. The zero-order chi connectivity index (χ0) is 11.9. The number of pyridine rings is 1. The van der Waals surface area contributed by atoms with Crippen LogP contribution < -0.4 is 0 Å². The van der Waals surface area contributed by atoms with Gasteiger partial charge in [0.1, 0.15) is 0 Å². The van der Waals surface area contributed by atoms with Crippen LogP contribution in [0, 0.1) is 6.92 Å². The van der Waals surface area contributed by atoms with Gasteiger partial charge in [0.05, 0.1) is 22.3 Å². The smallest absolute Gasteiger partial charge is 0.0932 e. The summed E-state index contributed by atoms with van der Waals surface area (Å²) in [5, 5.41) is 11.5. The number of benzene rings is 1. The molecule has 1 heterocycles. The highest BCUT2D eigenvalue weighted by Crippen LogP contribution is 2.30. The van der Waals surface area contributed by atoms with Crippen LogP contribution in [0.1, 0.15) is 24.3 Å². The monoisotopic (exact) mass is 255 g/mol. The van der Waals surface area contributed by atoms with Gasteiger partial charge in [-0.2, -0.15) is 0 Å². The van der Waals surface area contributed by atoms with Crippen LogP contribution in [0.4, 0.5) is 0 Å². The van der Waals surface area contributed by atoms with Gasteiger partial charge >= 0.3 is 0 Å². The molecule has 4 heteroatoms. The summed E-state index contributed by atoms with van der Waals surface area (Å²) in [5.74, 6) is 0. The Morgan fingerprint density at radius 2 is 1.94 bits per heavy atom. The summed E-state index contributed by atoms with van der Waals surface area (Å²) >= 11 is 12.0. The Morgan fingerprint density at radius 1 is 1.25 bits per heavy atom. The van der Waals surface area contributed by atoms with Crippen molar-refractivity contribution in [3.63, 3.8) is 0 Å². The lowest BCUT2D eigenvalue weighted by Gasteiger charge is -2.09. The van der Waals surface area contributed by atoms with Crippen LogP contribution in [-0.2, 0) is 0 Å². The lowest BCUT2D eigenvalue weighted by atomic mass is 10.1. The molecular formula is C12H11Cl2NO. The highest BCUT2D eigenvalue weighted by molar-refractivity contribution is 6.38. The molecule has 1 unspecified atom stereocenters. The number of aliphatic hydroxyl groups excluding tert-OH is 1. The van der Waals surface area contributed by atoms with E-state index >= 15 is 0 Å². The minimum Gasteiger partial charge on any atom is -0.387 e. The highest BCUT2D eigenvalue weighted by atomic mass is 35.5. The number of aryl methyl sites for hydroxylation is 1. The summed E-state index contributed by atoms with van der Waals surface area (Å²) in [5.41, 5.74) is 2.31. The Hall–Kier alpha value is -0.830. The maximum atomic E-state index is 9.52. The molecule has 0 radical (unpaired) electrons. The molecule has 0 bridgehead atoms. The molecule has 0 aliphatic carbocycles. The molecule has 1 atom stereocenters. The first-order valence-corrected chi connectivity index (χ1v) is 5.69. The molecule has 1 aromatic heterocycles. The van der Waals surface area contributed by atoms with E-state index in [0.29, 0.717) is 21.3 Å². The lowest BCUT2D eigenvalue weighted by molar-refractivity contribution is 0.194. The molecule has 1 aromatic carbocycles. The molecule has 0 saturated heterocycles. The third kappa shape index (κ3) is 2.01. The maximum absolute atomic E-state index is 9.52. The van der Waals surface area contributed by atoms with Crippen LogP contribution in [0.15, 0.2) is 18.2 Å². The number of hydrogen-bond acceptors (Lipinski definition) is 2. The van der Waals surface area contributed by atoms with E-state index in [1.165, 1.54) is 0 Å². The molecule has 0 spiro atoms. The third-order valence-corrected chi connectivity index (χ3v) is 2.99. The lowest BCUT2D eigenvalue weighted by Crippen LogP contribution is -1.97. The molecule has 0 aliphatic rings. The molecule has 0 amide bonds. The average Bonchev–Trinajstić information content (AvgIpc) is 2.19. The first-order chi connectivity index (χ1) is 7.49. The fraction of sp³-hybridized carbons (Fsp3) is 0.250. The van der Waals surface area contributed by atoms with E-state index in [0.717, 1.165) is 10.9 Å². The molecule has 0 aliphatic heterocycles. The number of fused-ring (bicyclic) bond motifs is 1. The van der Waals surface area contributed by atoms with Gasteiger partial charge < -0.3 is 5.11 Å². The molecule has 1 N–H and O–H groups in total. The Morgan fingerprint density at radius 3 is 2.56 bits per heavy atom.